The van der Waals surface area contributed by atoms with Crippen LogP contribution in [-0.2, 0) is 0 Å². The minimum Gasteiger partial charge on any atom is -0.391 e. The summed E-state index contributed by atoms with van der Waals surface area (Å²) in [6.07, 6.45) is 1.95. The number of aromatic nitrogens is 2. The second-order valence-electron chi connectivity index (χ2n) is 5.08. The van der Waals surface area contributed by atoms with Crippen molar-refractivity contribution in [3.63, 3.8) is 0 Å². The Hall–Kier alpha value is -1.40. The Balaban J connectivity index is 2.03. The topological polar surface area (TPSA) is 96.1 Å². The molecule has 18 heavy (non-hydrogen) atoms. The van der Waals surface area contributed by atoms with E-state index in [4.69, 9.17) is 5.84 Å². The summed E-state index contributed by atoms with van der Waals surface area (Å²) < 4.78 is 0. The fourth-order valence-electron chi connectivity index (χ4n) is 1.75. The maximum atomic E-state index is 9.81. The van der Waals surface area contributed by atoms with E-state index in [0.29, 0.717) is 24.1 Å². The maximum absolute atomic E-state index is 9.81. The molecule has 1 aliphatic carbocycles. The van der Waals surface area contributed by atoms with Gasteiger partial charge in [-0.1, -0.05) is 13.8 Å². The van der Waals surface area contributed by atoms with Gasteiger partial charge in [-0.25, -0.2) is 15.8 Å². The molecule has 5 N–H and O–H groups in total. The average Bonchev–Trinajstić information content (AvgIpc) is 3.19. The number of aliphatic hydroxyl groups excluding tert-OH is 1. The highest BCUT2D eigenvalue weighted by Gasteiger charge is 2.29. The van der Waals surface area contributed by atoms with Crippen molar-refractivity contribution in [2.75, 3.05) is 17.3 Å². The molecule has 1 unspecified atom stereocenters. The van der Waals surface area contributed by atoms with Crippen LogP contribution in [-0.4, -0.2) is 27.7 Å². The van der Waals surface area contributed by atoms with E-state index in [0.717, 1.165) is 18.7 Å². The Morgan fingerprint density at radius 1 is 1.39 bits per heavy atom. The van der Waals surface area contributed by atoms with Crippen molar-refractivity contribution in [2.45, 2.75) is 38.7 Å². The van der Waals surface area contributed by atoms with Gasteiger partial charge in [-0.05, 0) is 18.8 Å². The molecule has 1 aromatic heterocycles. The first-order valence-corrected chi connectivity index (χ1v) is 6.37. The lowest BCUT2D eigenvalue weighted by Gasteiger charge is -2.13. The number of aliphatic hydroxyl groups is 1. The summed E-state index contributed by atoms with van der Waals surface area (Å²) in [6.45, 7) is 4.57. The molecule has 1 aromatic rings. The summed E-state index contributed by atoms with van der Waals surface area (Å²) in [6, 6.07) is 1.74. The molecular weight excluding hydrogens is 230 g/mol. The Kier molecular flexibility index (Phi) is 3.98. The molecule has 1 saturated carbocycles. The Morgan fingerprint density at radius 2 is 2.06 bits per heavy atom. The van der Waals surface area contributed by atoms with E-state index in [1.165, 1.54) is 0 Å². The highest BCUT2D eigenvalue weighted by molar-refractivity contribution is 5.47. The molecule has 1 fully saturated rings. The van der Waals surface area contributed by atoms with Gasteiger partial charge in [0.2, 0.25) is 0 Å². The molecule has 1 atom stereocenters. The number of hydrazine groups is 1. The summed E-state index contributed by atoms with van der Waals surface area (Å²) >= 11 is 0. The molecule has 100 valence electrons. The van der Waals surface area contributed by atoms with Gasteiger partial charge in [0, 0.05) is 18.5 Å². The van der Waals surface area contributed by atoms with Crippen LogP contribution >= 0.6 is 0 Å². The molecule has 6 nitrogen and oxygen atoms in total. The quantitative estimate of drug-likeness (QED) is 0.446. The van der Waals surface area contributed by atoms with Gasteiger partial charge in [0.15, 0.2) is 0 Å². The predicted molar refractivity (Wildman–Crippen MR) is 71.2 cm³/mol. The van der Waals surface area contributed by atoms with E-state index in [1.807, 2.05) is 13.8 Å². The average molecular weight is 251 g/mol. The van der Waals surface area contributed by atoms with Crippen LogP contribution < -0.4 is 16.6 Å². The van der Waals surface area contributed by atoms with E-state index >= 15 is 0 Å². The van der Waals surface area contributed by atoms with Crippen LogP contribution in [0.15, 0.2) is 6.07 Å². The van der Waals surface area contributed by atoms with Gasteiger partial charge in [0.1, 0.15) is 17.5 Å². The molecule has 0 aromatic carbocycles. The molecule has 2 rings (SSSR count). The largest absolute Gasteiger partial charge is 0.391 e. The molecule has 1 heterocycles. The first-order valence-electron chi connectivity index (χ1n) is 6.37. The minimum atomic E-state index is -0.295. The summed E-state index contributed by atoms with van der Waals surface area (Å²) in [5.74, 6) is 8.07. The van der Waals surface area contributed by atoms with Crippen LogP contribution in [0.2, 0.25) is 0 Å². The standard InChI is InChI=1S/C12H21N5O/c1-7(2)12-15-10(5-11(16-12)17-13)14-6-9(18)8-3-4-8/h5,7-9,18H,3-4,6,13H2,1-2H3,(H2,14,15,16,17). The fourth-order valence-corrected chi connectivity index (χ4v) is 1.75. The van der Waals surface area contributed by atoms with E-state index < -0.39 is 0 Å². The molecule has 0 amide bonds. The molecule has 0 bridgehead atoms. The predicted octanol–water partition coefficient (Wildman–Crippen LogP) is 1.07. The number of nitrogens with one attached hydrogen (secondary N) is 2. The van der Waals surface area contributed by atoms with Crippen molar-refractivity contribution in [1.82, 2.24) is 9.97 Å². The molecule has 0 radical (unpaired) electrons. The van der Waals surface area contributed by atoms with Gasteiger partial charge in [0.05, 0.1) is 6.10 Å². The number of rotatable bonds is 6. The zero-order valence-corrected chi connectivity index (χ0v) is 10.8. The molecule has 0 saturated heterocycles. The monoisotopic (exact) mass is 251 g/mol. The lowest BCUT2D eigenvalue weighted by molar-refractivity contribution is 0.164. The van der Waals surface area contributed by atoms with Crippen LogP contribution in [0.4, 0.5) is 11.6 Å². The SMILES string of the molecule is CC(C)c1nc(NN)cc(NCC(O)C2CC2)n1. The first-order chi connectivity index (χ1) is 8.60. The van der Waals surface area contributed by atoms with Crippen LogP contribution in [0.1, 0.15) is 38.4 Å². The Bertz CT molecular complexity index is 405. The third-order valence-electron chi connectivity index (χ3n) is 3.07. The van der Waals surface area contributed by atoms with Gasteiger partial charge < -0.3 is 15.8 Å². The lowest BCUT2D eigenvalue weighted by atomic mass is 10.2. The molecule has 0 aliphatic heterocycles. The van der Waals surface area contributed by atoms with E-state index in [9.17, 15) is 5.11 Å². The second-order valence-corrected chi connectivity index (χ2v) is 5.08. The number of hydrogen-bond donors (Lipinski definition) is 4. The third kappa shape index (κ3) is 3.30. The second kappa shape index (κ2) is 5.49. The smallest absolute Gasteiger partial charge is 0.145 e. The van der Waals surface area contributed by atoms with Crippen LogP contribution in [0.3, 0.4) is 0 Å². The van der Waals surface area contributed by atoms with E-state index in [2.05, 4.69) is 20.7 Å². The third-order valence-corrected chi connectivity index (χ3v) is 3.07. The number of nitrogens with zero attached hydrogens (tertiary/aromatic N) is 2. The minimum absolute atomic E-state index is 0.229. The fraction of sp³-hybridized carbons (Fsp3) is 0.667. The number of nitrogens with two attached hydrogens (primary N) is 1. The van der Waals surface area contributed by atoms with Crippen LogP contribution in [0.5, 0.6) is 0 Å². The zero-order valence-electron chi connectivity index (χ0n) is 10.8. The van der Waals surface area contributed by atoms with Crippen molar-refractivity contribution >= 4 is 11.6 Å². The van der Waals surface area contributed by atoms with Gasteiger partial charge in [-0.3, -0.25) is 0 Å². The van der Waals surface area contributed by atoms with Crippen molar-refractivity contribution in [3.05, 3.63) is 11.9 Å². The van der Waals surface area contributed by atoms with Crippen molar-refractivity contribution < 1.29 is 5.11 Å². The molecule has 6 heteroatoms. The normalized spacial score (nSPS) is 16.7. The number of hydrogen-bond acceptors (Lipinski definition) is 6. The Morgan fingerprint density at radius 3 is 2.61 bits per heavy atom. The lowest BCUT2D eigenvalue weighted by Crippen LogP contribution is -2.22. The zero-order chi connectivity index (χ0) is 13.1. The van der Waals surface area contributed by atoms with Gasteiger partial charge in [0.25, 0.3) is 0 Å². The maximum Gasteiger partial charge on any atom is 0.145 e. The van der Waals surface area contributed by atoms with Crippen molar-refractivity contribution in [3.8, 4) is 0 Å². The summed E-state index contributed by atoms with van der Waals surface area (Å²) in [5.41, 5.74) is 2.53. The number of anilines is 2. The molecule has 1 aliphatic rings. The summed E-state index contributed by atoms with van der Waals surface area (Å²) in [5, 5.41) is 12.9. The molecule has 0 spiro atoms. The first kappa shape index (κ1) is 13.0. The highest BCUT2D eigenvalue weighted by Crippen LogP contribution is 2.32. The summed E-state index contributed by atoms with van der Waals surface area (Å²) in [4.78, 5) is 8.68. The van der Waals surface area contributed by atoms with Crippen LogP contribution in [0, 0.1) is 5.92 Å². The van der Waals surface area contributed by atoms with E-state index in [1.54, 1.807) is 6.07 Å². The summed E-state index contributed by atoms with van der Waals surface area (Å²) in [7, 11) is 0. The van der Waals surface area contributed by atoms with Crippen molar-refractivity contribution in [2.24, 2.45) is 11.8 Å². The van der Waals surface area contributed by atoms with Crippen LogP contribution in [0.25, 0.3) is 0 Å². The molecular formula is C12H21N5O. The van der Waals surface area contributed by atoms with E-state index in [-0.39, 0.29) is 12.0 Å². The Labute approximate surface area is 107 Å². The van der Waals surface area contributed by atoms with Gasteiger partial charge in [-0.15, -0.1) is 0 Å². The van der Waals surface area contributed by atoms with Gasteiger partial charge in [-0.2, -0.15) is 0 Å². The van der Waals surface area contributed by atoms with Gasteiger partial charge >= 0.3 is 0 Å². The van der Waals surface area contributed by atoms with Crippen molar-refractivity contribution in [1.29, 1.82) is 0 Å². The number of nitrogen functional groups attached to an aromatic ring is 1. The highest BCUT2D eigenvalue weighted by atomic mass is 16.3.